The molecule has 0 aliphatic rings. The van der Waals surface area contributed by atoms with Gasteiger partial charge in [0.05, 0.1) is 0 Å². The zero-order chi connectivity index (χ0) is 9.00. The van der Waals surface area contributed by atoms with Crippen LogP contribution in [0.5, 0.6) is 0 Å². The van der Waals surface area contributed by atoms with E-state index in [1.807, 2.05) is 0 Å². The predicted octanol–water partition coefficient (Wildman–Crippen LogP) is -3.69. The second kappa shape index (κ2) is 9.31. The highest BCUT2D eigenvalue weighted by atomic mass is 31.2. The molecule has 72 valence electrons. The van der Waals surface area contributed by atoms with Crippen molar-refractivity contribution in [2.75, 3.05) is 0 Å². The summed E-state index contributed by atoms with van der Waals surface area (Å²) in [6.45, 7) is 0. The Morgan fingerprint density at radius 2 is 0.583 bits per heavy atom. The molecule has 0 saturated heterocycles. The molecule has 0 aromatic heterocycles. The first-order valence-electron chi connectivity index (χ1n) is 1.57. The molecule has 0 bridgehead atoms. The topological polar surface area (TPSA) is 156 Å². The van der Waals surface area contributed by atoms with Crippen molar-refractivity contribution in [1.82, 2.24) is 0 Å². The fourth-order valence-corrected chi connectivity index (χ4v) is 0. The SMILES string of the molecule is O=P(O)(O)O.O=P(O)(O)O.[MgH2].[MgH2]. The number of rotatable bonds is 0. The molecule has 6 N–H and O–H groups in total. The quantitative estimate of drug-likeness (QED) is 0.189. The first-order valence-corrected chi connectivity index (χ1v) is 4.70. The highest BCUT2D eigenvalue weighted by Crippen LogP contribution is 2.26. The molecule has 0 unspecified atom stereocenters. The van der Waals surface area contributed by atoms with E-state index in [2.05, 4.69) is 0 Å². The summed E-state index contributed by atoms with van der Waals surface area (Å²) in [6, 6.07) is 0. The molecule has 0 aromatic carbocycles. The summed E-state index contributed by atoms with van der Waals surface area (Å²) in [4.78, 5) is 43.1. The largest absolute Gasteiger partial charge is 0.466 e. The highest BCUT2D eigenvalue weighted by molar-refractivity contribution is 7.45. The van der Waals surface area contributed by atoms with Crippen molar-refractivity contribution in [1.29, 1.82) is 0 Å². The fraction of sp³-hybridized carbons (Fsp3) is 0. The van der Waals surface area contributed by atoms with E-state index in [0.717, 1.165) is 0 Å². The molecule has 0 rings (SSSR count). The second-order valence-electron chi connectivity index (χ2n) is 1.03. The van der Waals surface area contributed by atoms with Crippen LogP contribution in [0, 0.1) is 0 Å². The van der Waals surface area contributed by atoms with Gasteiger partial charge < -0.3 is 29.4 Å². The Morgan fingerprint density at radius 1 is 0.583 bits per heavy atom. The van der Waals surface area contributed by atoms with E-state index >= 15 is 0 Å². The van der Waals surface area contributed by atoms with Crippen molar-refractivity contribution >= 4 is 61.8 Å². The lowest BCUT2D eigenvalue weighted by Crippen LogP contribution is -1.66. The first kappa shape index (κ1) is 23.5. The summed E-state index contributed by atoms with van der Waals surface area (Å²) in [6.07, 6.45) is 0. The summed E-state index contributed by atoms with van der Waals surface area (Å²) >= 11 is 0. The number of hydrogen-bond acceptors (Lipinski definition) is 2. The zero-order valence-corrected chi connectivity index (χ0v) is 6.18. The van der Waals surface area contributed by atoms with Gasteiger partial charge in [-0.15, -0.1) is 0 Å². The monoisotopic (exact) mass is 248 g/mol. The smallest absolute Gasteiger partial charge is 0.303 e. The summed E-state index contributed by atoms with van der Waals surface area (Å²) in [5.41, 5.74) is 0. The van der Waals surface area contributed by atoms with E-state index in [9.17, 15) is 0 Å². The van der Waals surface area contributed by atoms with Crippen molar-refractivity contribution < 1.29 is 38.5 Å². The van der Waals surface area contributed by atoms with Crippen LogP contribution in [-0.2, 0) is 9.13 Å². The van der Waals surface area contributed by atoms with Crippen molar-refractivity contribution in [3.05, 3.63) is 0 Å². The molecule has 0 heterocycles. The normalized spacial score (nSPS) is 9.83. The average molecular weight is 249 g/mol. The lowest BCUT2D eigenvalue weighted by molar-refractivity contribution is 0.272. The third kappa shape index (κ3) is 442. The Bertz CT molecular complexity index is 127. The number of phosphoric acid groups is 2. The van der Waals surface area contributed by atoms with Crippen LogP contribution in [0.2, 0.25) is 0 Å². The molecule has 0 fully saturated rings. The Morgan fingerprint density at radius 3 is 0.583 bits per heavy atom. The van der Waals surface area contributed by atoms with Gasteiger partial charge in [-0.05, 0) is 0 Å². The minimum Gasteiger partial charge on any atom is -0.303 e. The van der Waals surface area contributed by atoms with Gasteiger partial charge in [0, 0.05) is 0 Å². The van der Waals surface area contributed by atoms with Crippen LogP contribution >= 0.6 is 15.6 Å². The Labute approximate surface area is 99.8 Å². The maximum atomic E-state index is 8.88. The van der Waals surface area contributed by atoms with Crippen LogP contribution < -0.4 is 0 Å². The van der Waals surface area contributed by atoms with Gasteiger partial charge in [-0.1, -0.05) is 0 Å². The Kier molecular flexibility index (Phi) is 18.2. The summed E-state index contributed by atoms with van der Waals surface area (Å²) in [7, 11) is -9.28. The van der Waals surface area contributed by atoms with Gasteiger partial charge in [-0.25, -0.2) is 9.13 Å². The molecular formula is H10Mg2O8P2. The van der Waals surface area contributed by atoms with Crippen LogP contribution in [0.3, 0.4) is 0 Å². The van der Waals surface area contributed by atoms with E-state index in [-0.39, 0.29) is 46.1 Å². The standard InChI is InChI=1S/2Mg.2H3O4P.4H/c;;2*1-5(2,3)4;;;;/h;;2*(H3,1,2,3,4);;;;. The maximum Gasteiger partial charge on any atom is 0.466 e. The van der Waals surface area contributed by atoms with Crippen LogP contribution in [0.25, 0.3) is 0 Å². The molecule has 0 aromatic rings. The summed E-state index contributed by atoms with van der Waals surface area (Å²) in [5.74, 6) is 0. The van der Waals surface area contributed by atoms with E-state index in [1.165, 1.54) is 0 Å². The van der Waals surface area contributed by atoms with E-state index in [4.69, 9.17) is 38.5 Å². The molecule has 12 heavy (non-hydrogen) atoms. The third-order valence-corrected chi connectivity index (χ3v) is 0. The molecule has 0 saturated carbocycles. The summed E-state index contributed by atoms with van der Waals surface area (Å²) in [5, 5.41) is 0. The van der Waals surface area contributed by atoms with E-state index in [1.54, 1.807) is 0 Å². The van der Waals surface area contributed by atoms with Gasteiger partial charge in [0.15, 0.2) is 0 Å². The van der Waals surface area contributed by atoms with Gasteiger partial charge in [0.2, 0.25) is 0 Å². The molecule has 12 heteroatoms. The Hall–Kier alpha value is 1.75. The van der Waals surface area contributed by atoms with E-state index < -0.39 is 15.6 Å². The molecule has 0 atom stereocenters. The van der Waals surface area contributed by atoms with E-state index in [0.29, 0.717) is 0 Å². The van der Waals surface area contributed by atoms with Crippen molar-refractivity contribution in [3.8, 4) is 0 Å². The molecule has 0 radical (unpaired) electrons. The lowest BCUT2D eigenvalue weighted by atomic mass is 15.8. The van der Waals surface area contributed by atoms with Gasteiger partial charge in [0.25, 0.3) is 0 Å². The summed E-state index contributed by atoms with van der Waals surface area (Å²) < 4.78 is 17.8. The Balaban J connectivity index is -0.0000000457. The minimum absolute atomic E-state index is 0. The van der Waals surface area contributed by atoms with Crippen LogP contribution in [0.15, 0.2) is 0 Å². The van der Waals surface area contributed by atoms with Gasteiger partial charge in [-0.3, -0.25) is 0 Å². The second-order valence-corrected chi connectivity index (χ2v) is 3.08. The van der Waals surface area contributed by atoms with Crippen molar-refractivity contribution in [2.24, 2.45) is 0 Å². The van der Waals surface area contributed by atoms with Gasteiger partial charge in [-0.2, -0.15) is 0 Å². The predicted molar refractivity (Wildman–Crippen MR) is 45.6 cm³/mol. The molecule has 0 spiro atoms. The third-order valence-electron chi connectivity index (χ3n) is 0. The van der Waals surface area contributed by atoms with Crippen LogP contribution in [-0.4, -0.2) is 75.5 Å². The molecule has 0 aliphatic carbocycles. The number of hydrogen-bond donors (Lipinski definition) is 6. The average Bonchev–Trinajstić information content (AvgIpc) is 1.12. The van der Waals surface area contributed by atoms with Gasteiger partial charge in [0.1, 0.15) is 0 Å². The molecule has 0 amide bonds. The maximum absolute atomic E-state index is 8.88. The minimum atomic E-state index is -4.64. The zero-order valence-electron chi connectivity index (χ0n) is 4.39. The molecular weight excluding hydrogens is 239 g/mol. The molecule has 0 aliphatic heterocycles. The molecule has 8 nitrogen and oxygen atoms in total. The fourth-order valence-electron chi connectivity index (χ4n) is 0. The lowest BCUT2D eigenvalue weighted by Gasteiger charge is -1.82. The van der Waals surface area contributed by atoms with Crippen LogP contribution in [0.1, 0.15) is 0 Å². The van der Waals surface area contributed by atoms with Crippen molar-refractivity contribution in [3.63, 3.8) is 0 Å². The van der Waals surface area contributed by atoms with Crippen LogP contribution in [0.4, 0.5) is 0 Å². The van der Waals surface area contributed by atoms with Gasteiger partial charge >= 0.3 is 61.8 Å². The highest BCUT2D eigenvalue weighted by Gasteiger charge is 2.00. The van der Waals surface area contributed by atoms with Crippen molar-refractivity contribution in [2.45, 2.75) is 0 Å². The first-order chi connectivity index (χ1) is 4.00.